The van der Waals surface area contributed by atoms with E-state index in [2.05, 4.69) is 15.0 Å². The summed E-state index contributed by atoms with van der Waals surface area (Å²) in [5.74, 6) is -0.860. The molecule has 0 saturated heterocycles. The van der Waals surface area contributed by atoms with Crippen LogP contribution in [0.3, 0.4) is 0 Å². The molecule has 1 aliphatic rings. The molecule has 3 heterocycles. The van der Waals surface area contributed by atoms with E-state index in [9.17, 15) is 19.0 Å². The zero-order chi connectivity index (χ0) is 24.2. The van der Waals surface area contributed by atoms with Crippen LogP contribution < -0.4 is 4.74 Å². The number of alkyl halides is 2. The number of rotatable bonds is 5. The maximum Gasteiger partial charge on any atom is 0.387 e. The number of aromatic nitrogens is 4. The van der Waals surface area contributed by atoms with E-state index in [-0.39, 0.29) is 29.2 Å². The molecule has 176 valence electrons. The first-order chi connectivity index (χ1) is 16.1. The molecule has 0 saturated carbocycles. The highest BCUT2D eigenvalue weighted by atomic mass is 19.3. The van der Waals surface area contributed by atoms with E-state index in [1.165, 1.54) is 30.7 Å². The van der Waals surface area contributed by atoms with Gasteiger partial charge in [0.25, 0.3) is 0 Å². The molecule has 0 unspecified atom stereocenters. The first kappa shape index (κ1) is 22.3. The summed E-state index contributed by atoms with van der Waals surface area (Å²) in [5, 5.41) is 20.7. The molecule has 5 rings (SSSR count). The van der Waals surface area contributed by atoms with Crippen molar-refractivity contribution in [2.24, 2.45) is 0 Å². The van der Waals surface area contributed by atoms with Gasteiger partial charge in [-0.15, -0.1) is 0 Å². The van der Waals surface area contributed by atoms with Crippen LogP contribution in [-0.4, -0.2) is 36.2 Å². The van der Waals surface area contributed by atoms with Gasteiger partial charge in [0.1, 0.15) is 22.8 Å². The van der Waals surface area contributed by atoms with Gasteiger partial charge in [0.05, 0.1) is 17.5 Å². The van der Waals surface area contributed by atoms with Crippen molar-refractivity contribution < 1.29 is 28.1 Å². The highest BCUT2D eigenvalue weighted by Crippen LogP contribution is 2.47. The summed E-state index contributed by atoms with van der Waals surface area (Å²) >= 11 is 0. The highest BCUT2D eigenvalue weighted by molar-refractivity contribution is 5.65. The van der Waals surface area contributed by atoms with Crippen molar-refractivity contribution in [3.8, 4) is 16.9 Å². The van der Waals surface area contributed by atoms with Gasteiger partial charge in [-0.2, -0.15) is 8.78 Å². The SMILES string of the molecule is CC(C)(O)c1ncc(-c2cn3c4c(nc3cc2F)[C@H](O)C[C@@H]4c2ccccc2OC(F)F)cn1. The topological polar surface area (TPSA) is 92.8 Å². The van der Waals surface area contributed by atoms with E-state index in [1.807, 2.05) is 0 Å². The van der Waals surface area contributed by atoms with Gasteiger partial charge in [0, 0.05) is 47.3 Å². The van der Waals surface area contributed by atoms with Crippen molar-refractivity contribution >= 4 is 5.65 Å². The maximum atomic E-state index is 15.0. The van der Waals surface area contributed by atoms with Crippen LogP contribution in [0, 0.1) is 5.82 Å². The first-order valence-electron chi connectivity index (χ1n) is 10.6. The average Bonchev–Trinajstić information content (AvgIpc) is 3.29. The number of benzene rings is 1. The monoisotopic (exact) mass is 470 g/mol. The molecule has 1 aromatic carbocycles. The Morgan fingerprint density at radius 2 is 1.88 bits per heavy atom. The number of halogens is 3. The molecule has 3 aromatic heterocycles. The van der Waals surface area contributed by atoms with Gasteiger partial charge in [0.2, 0.25) is 0 Å². The van der Waals surface area contributed by atoms with Crippen molar-refractivity contribution in [2.75, 3.05) is 0 Å². The smallest absolute Gasteiger partial charge is 0.387 e. The number of nitrogens with zero attached hydrogens (tertiary/aromatic N) is 4. The zero-order valence-corrected chi connectivity index (χ0v) is 18.3. The lowest BCUT2D eigenvalue weighted by Crippen LogP contribution is -2.19. The molecule has 10 heteroatoms. The van der Waals surface area contributed by atoms with E-state index in [1.54, 1.807) is 36.4 Å². The lowest BCUT2D eigenvalue weighted by atomic mass is 9.95. The van der Waals surface area contributed by atoms with Crippen molar-refractivity contribution in [1.82, 2.24) is 19.4 Å². The number of aliphatic hydroxyl groups excluding tert-OH is 1. The summed E-state index contributed by atoms with van der Waals surface area (Å²) in [6.07, 6.45) is 3.64. The molecule has 4 aromatic rings. The predicted molar refractivity (Wildman–Crippen MR) is 116 cm³/mol. The minimum absolute atomic E-state index is 0.00967. The van der Waals surface area contributed by atoms with E-state index < -0.39 is 30.1 Å². The van der Waals surface area contributed by atoms with Crippen LogP contribution in [0.1, 0.15) is 55.1 Å². The highest BCUT2D eigenvalue weighted by Gasteiger charge is 2.37. The number of hydrogen-bond donors (Lipinski definition) is 2. The lowest BCUT2D eigenvalue weighted by molar-refractivity contribution is -0.0506. The summed E-state index contributed by atoms with van der Waals surface area (Å²) < 4.78 is 47.3. The molecule has 2 N–H and O–H groups in total. The number of ether oxygens (including phenoxy) is 1. The molecule has 0 radical (unpaired) electrons. The molecule has 0 amide bonds. The number of para-hydroxylation sites is 1. The van der Waals surface area contributed by atoms with Crippen molar-refractivity contribution in [3.05, 3.63) is 77.5 Å². The molecule has 0 bridgehead atoms. The van der Waals surface area contributed by atoms with Crippen LogP contribution in [0.2, 0.25) is 0 Å². The maximum absolute atomic E-state index is 15.0. The number of fused-ring (bicyclic) bond motifs is 3. The molecule has 7 nitrogen and oxygen atoms in total. The molecule has 0 fully saturated rings. The number of imidazole rings is 1. The minimum Gasteiger partial charge on any atom is -0.435 e. The number of hydrogen-bond acceptors (Lipinski definition) is 6. The van der Waals surface area contributed by atoms with Crippen LogP contribution in [0.25, 0.3) is 16.8 Å². The van der Waals surface area contributed by atoms with Gasteiger partial charge in [-0.25, -0.2) is 19.3 Å². The fourth-order valence-electron chi connectivity index (χ4n) is 4.38. The van der Waals surface area contributed by atoms with Crippen LogP contribution >= 0.6 is 0 Å². The average molecular weight is 470 g/mol. The van der Waals surface area contributed by atoms with Gasteiger partial charge in [0.15, 0.2) is 5.82 Å². The summed E-state index contributed by atoms with van der Waals surface area (Å²) in [4.78, 5) is 12.7. The van der Waals surface area contributed by atoms with Crippen LogP contribution in [-0.2, 0) is 5.60 Å². The Hall–Kier alpha value is -3.50. The first-order valence-corrected chi connectivity index (χ1v) is 10.6. The van der Waals surface area contributed by atoms with E-state index in [0.717, 1.165) is 0 Å². The van der Waals surface area contributed by atoms with E-state index in [0.29, 0.717) is 22.5 Å². The van der Waals surface area contributed by atoms with E-state index in [4.69, 9.17) is 4.74 Å². The van der Waals surface area contributed by atoms with Crippen LogP contribution in [0.15, 0.2) is 48.9 Å². The normalized spacial score (nSPS) is 18.0. The van der Waals surface area contributed by atoms with Crippen molar-refractivity contribution in [3.63, 3.8) is 0 Å². The second kappa shape index (κ2) is 8.07. The molecule has 0 aliphatic heterocycles. The zero-order valence-electron chi connectivity index (χ0n) is 18.3. The fraction of sp³-hybridized carbons (Fsp3) is 0.292. The predicted octanol–water partition coefficient (Wildman–Crippen LogP) is 4.33. The molecule has 34 heavy (non-hydrogen) atoms. The Balaban J connectivity index is 1.64. The Bertz CT molecular complexity index is 1370. The third kappa shape index (κ3) is 3.78. The Kier molecular flexibility index (Phi) is 5.29. The largest absolute Gasteiger partial charge is 0.435 e. The van der Waals surface area contributed by atoms with E-state index >= 15 is 4.39 Å². The lowest BCUT2D eigenvalue weighted by Gasteiger charge is -2.18. The molecule has 0 spiro atoms. The Morgan fingerprint density at radius 1 is 1.18 bits per heavy atom. The van der Waals surface area contributed by atoms with Crippen LogP contribution in [0.5, 0.6) is 5.75 Å². The van der Waals surface area contributed by atoms with Gasteiger partial charge in [-0.1, -0.05) is 18.2 Å². The second-order valence-electron chi connectivity index (χ2n) is 8.72. The quantitative estimate of drug-likeness (QED) is 0.451. The third-order valence-electron chi connectivity index (χ3n) is 5.90. The number of aliphatic hydroxyl groups is 2. The summed E-state index contributed by atoms with van der Waals surface area (Å²) in [7, 11) is 0. The Morgan fingerprint density at radius 3 is 2.56 bits per heavy atom. The molecule has 1 aliphatic carbocycles. The molecular formula is C24H21F3N4O3. The molecular weight excluding hydrogens is 449 g/mol. The summed E-state index contributed by atoms with van der Waals surface area (Å²) in [6.45, 7) is 0.0938. The van der Waals surface area contributed by atoms with Gasteiger partial charge in [-0.05, 0) is 26.3 Å². The number of pyridine rings is 1. The van der Waals surface area contributed by atoms with Gasteiger partial charge in [-0.3, -0.25) is 0 Å². The molecule has 2 atom stereocenters. The fourth-order valence-corrected chi connectivity index (χ4v) is 4.38. The second-order valence-corrected chi connectivity index (χ2v) is 8.72. The Labute approximate surface area is 192 Å². The van der Waals surface area contributed by atoms with Crippen molar-refractivity contribution in [1.29, 1.82) is 0 Å². The standard InChI is InChI=1S/C24H21F3N4O3/c1-24(2,33)22-28-9-12(10-29-22)15-11-31-19(8-16(15)25)30-20-17(32)7-14(21(20)31)13-5-3-4-6-18(13)34-23(26)27/h3-6,8-11,14,17,23,32-33H,7H2,1-2H3/t14-,17-/m1/s1. The minimum atomic E-state index is -3.00. The summed E-state index contributed by atoms with van der Waals surface area (Å²) in [5.41, 5.74) is 1.01. The third-order valence-corrected chi connectivity index (χ3v) is 5.90. The van der Waals surface area contributed by atoms with Gasteiger partial charge < -0.3 is 19.4 Å². The van der Waals surface area contributed by atoms with Crippen molar-refractivity contribution in [2.45, 2.75) is 44.5 Å². The van der Waals surface area contributed by atoms with Gasteiger partial charge >= 0.3 is 6.61 Å². The van der Waals surface area contributed by atoms with Crippen LogP contribution in [0.4, 0.5) is 13.2 Å². The summed E-state index contributed by atoms with van der Waals surface area (Å²) in [6, 6.07) is 7.64.